The number of rotatable bonds is 3. The molecule has 0 heterocycles. The highest BCUT2D eigenvalue weighted by Crippen LogP contribution is 1.81. The van der Waals surface area contributed by atoms with Gasteiger partial charge in [0, 0.05) is 19.4 Å². The molecule has 0 unspecified atom stereocenters. The minimum atomic E-state index is -0.954. The van der Waals surface area contributed by atoms with E-state index in [2.05, 4.69) is 6.58 Å². The van der Waals surface area contributed by atoms with Crippen LogP contribution in [0.1, 0.15) is 20.8 Å². The van der Waals surface area contributed by atoms with Crippen LogP contribution in [0.2, 0.25) is 0 Å². The minimum Gasteiger partial charge on any atom is -0.481 e. The molecule has 0 radical (unpaired) electrons. The second-order valence-electron chi connectivity index (χ2n) is 3.14. The third-order valence-corrected chi connectivity index (χ3v) is 0.787. The molecular formula is C11H22O9. The van der Waals surface area contributed by atoms with Gasteiger partial charge in [0.25, 0.3) is 11.9 Å². The Morgan fingerprint density at radius 2 is 1.05 bits per heavy atom. The lowest BCUT2D eigenvalue weighted by Crippen LogP contribution is -2.15. The zero-order valence-corrected chi connectivity index (χ0v) is 11.6. The van der Waals surface area contributed by atoms with Crippen LogP contribution < -0.4 is 0 Å². The third-order valence-electron chi connectivity index (χ3n) is 0.787. The largest absolute Gasteiger partial charge is 0.481 e. The van der Waals surface area contributed by atoms with Gasteiger partial charge in [-0.2, -0.15) is 0 Å². The van der Waals surface area contributed by atoms with E-state index in [0.29, 0.717) is 0 Å². The number of aliphatic hydroxyl groups is 3. The van der Waals surface area contributed by atoms with Crippen LogP contribution in [0.15, 0.2) is 12.2 Å². The molecule has 0 rings (SSSR count). The van der Waals surface area contributed by atoms with Gasteiger partial charge in [-0.15, -0.1) is 0 Å². The van der Waals surface area contributed by atoms with Gasteiger partial charge in [0.2, 0.25) is 0 Å². The van der Waals surface area contributed by atoms with Crippen molar-refractivity contribution in [2.75, 3.05) is 13.2 Å². The lowest BCUT2D eigenvalue weighted by Gasteiger charge is -1.96. The minimum absolute atomic E-state index is 0.176. The van der Waals surface area contributed by atoms with Crippen LogP contribution >= 0.6 is 0 Å². The molecule has 9 nitrogen and oxygen atoms in total. The molecule has 0 aromatic rings. The number of carboxylic acid groups (broad SMARTS) is 3. The van der Waals surface area contributed by atoms with Gasteiger partial charge in [-0.3, -0.25) is 9.59 Å². The highest BCUT2D eigenvalue weighted by molar-refractivity contribution is 5.84. The van der Waals surface area contributed by atoms with Crippen LogP contribution in [-0.2, 0) is 14.4 Å². The molecule has 0 atom stereocenters. The van der Waals surface area contributed by atoms with Gasteiger partial charge in [-0.25, -0.2) is 4.79 Å². The Kier molecular flexibility index (Phi) is 25.7. The van der Waals surface area contributed by atoms with E-state index in [1.54, 1.807) is 0 Å². The first-order valence-corrected chi connectivity index (χ1v) is 5.09. The quantitative estimate of drug-likeness (QED) is 0.363. The zero-order chi connectivity index (χ0) is 17.3. The Morgan fingerprint density at radius 1 is 0.900 bits per heavy atom. The van der Waals surface area contributed by atoms with Crippen molar-refractivity contribution in [2.45, 2.75) is 26.9 Å². The first-order valence-electron chi connectivity index (χ1n) is 5.09. The summed E-state index contributed by atoms with van der Waals surface area (Å²) in [6.07, 6.45) is -0.954. The maximum Gasteiger partial charge on any atom is 0.330 e. The van der Waals surface area contributed by atoms with E-state index in [0.717, 1.165) is 13.8 Å². The molecule has 0 saturated heterocycles. The van der Waals surface area contributed by atoms with Gasteiger partial charge in [-0.05, 0) is 6.92 Å². The van der Waals surface area contributed by atoms with Crippen molar-refractivity contribution in [3.63, 3.8) is 0 Å². The summed E-state index contributed by atoms with van der Waals surface area (Å²) in [6.45, 7) is 6.04. The predicted molar refractivity (Wildman–Crippen MR) is 69.2 cm³/mol. The summed E-state index contributed by atoms with van der Waals surface area (Å²) in [6, 6.07) is 0. The van der Waals surface area contributed by atoms with Crippen LogP contribution in [-0.4, -0.2) is 67.9 Å². The molecular weight excluding hydrogens is 276 g/mol. The summed E-state index contributed by atoms with van der Waals surface area (Å²) in [5.41, 5.74) is 0.176. The van der Waals surface area contributed by atoms with Crippen LogP contribution in [0.25, 0.3) is 0 Å². The summed E-state index contributed by atoms with van der Waals surface area (Å²) in [7, 11) is 0. The van der Waals surface area contributed by atoms with Crippen LogP contribution in [0.3, 0.4) is 0 Å². The summed E-state index contributed by atoms with van der Waals surface area (Å²) in [5, 5.41) is 46.7. The Labute approximate surface area is 116 Å². The van der Waals surface area contributed by atoms with Crippen LogP contribution in [0, 0.1) is 0 Å². The van der Waals surface area contributed by atoms with Gasteiger partial charge in [0.1, 0.15) is 6.10 Å². The van der Waals surface area contributed by atoms with E-state index in [1.165, 1.54) is 6.92 Å². The lowest BCUT2D eigenvalue weighted by atomic mass is 10.4. The van der Waals surface area contributed by atoms with Gasteiger partial charge in [0.05, 0.1) is 13.2 Å². The topological polar surface area (TPSA) is 173 Å². The maximum absolute atomic E-state index is 9.60. The predicted octanol–water partition coefficient (Wildman–Crippen LogP) is -0.839. The molecule has 6 N–H and O–H groups in total. The first kappa shape index (κ1) is 26.6. The summed E-state index contributed by atoms with van der Waals surface area (Å²) in [4.78, 5) is 27.6. The maximum atomic E-state index is 9.60. The van der Waals surface area contributed by atoms with E-state index in [4.69, 9.17) is 40.2 Å². The number of hydrogen-bond acceptors (Lipinski definition) is 6. The van der Waals surface area contributed by atoms with E-state index in [-0.39, 0.29) is 18.8 Å². The molecule has 0 amide bonds. The van der Waals surface area contributed by atoms with Crippen molar-refractivity contribution in [1.82, 2.24) is 0 Å². The second kappa shape index (κ2) is 19.4. The third kappa shape index (κ3) is 99.6. The number of carbonyl (C=O) groups is 3. The SMILES string of the molecule is C=C(C)C(=O)O.CC(=O)O.CC(=O)O.OCC(O)CO. The molecule has 20 heavy (non-hydrogen) atoms. The normalized spacial score (nSPS) is 7.75. The van der Waals surface area contributed by atoms with Gasteiger partial charge < -0.3 is 30.6 Å². The van der Waals surface area contributed by atoms with Crippen molar-refractivity contribution in [3.05, 3.63) is 12.2 Å². The number of hydrogen-bond donors (Lipinski definition) is 6. The molecule has 0 aliphatic carbocycles. The summed E-state index contributed by atoms with van der Waals surface area (Å²) < 4.78 is 0. The van der Waals surface area contributed by atoms with E-state index in [1.807, 2.05) is 0 Å². The van der Waals surface area contributed by atoms with Gasteiger partial charge >= 0.3 is 5.97 Å². The Hall–Kier alpha value is -1.97. The van der Waals surface area contributed by atoms with Crippen molar-refractivity contribution >= 4 is 17.9 Å². The monoisotopic (exact) mass is 298 g/mol. The number of aliphatic carboxylic acids is 3. The van der Waals surface area contributed by atoms with E-state index < -0.39 is 24.0 Å². The summed E-state index contributed by atoms with van der Waals surface area (Å²) >= 11 is 0. The number of carboxylic acids is 3. The van der Waals surface area contributed by atoms with Gasteiger partial charge in [0.15, 0.2) is 0 Å². The van der Waals surface area contributed by atoms with Crippen LogP contribution in [0.4, 0.5) is 0 Å². The fraction of sp³-hybridized carbons (Fsp3) is 0.545. The Morgan fingerprint density at radius 3 is 1.05 bits per heavy atom. The molecule has 120 valence electrons. The van der Waals surface area contributed by atoms with Crippen LogP contribution in [0.5, 0.6) is 0 Å². The average Bonchev–Trinajstić information content (AvgIpc) is 2.27. The Balaban J connectivity index is -0.0000000871. The number of aliphatic hydroxyl groups excluding tert-OH is 3. The molecule has 0 fully saturated rings. The average molecular weight is 298 g/mol. The Bertz CT molecular complexity index is 250. The highest BCUT2D eigenvalue weighted by atomic mass is 16.4. The standard InChI is InChI=1S/C4H6O2.C3H8O3.2C2H4O2/c1-3(2)4(5)6;4-1-3(6)2-5;2*1-2(3)4/h1H2,2H3,(H,5,6);3-6H,1-2H2;2*1H3,(H,3,4). The van der Waals surface area contributed by atoms with Crippen molar-refractivity contribution in [2.24, 2.45) is 0 Å². The first-order chi connectivity index (χ1) is 8.91. The molecule has 9 heteroatoms. The summed E-state index contributed by atoms with van der Waals surface area (Å²) in [5.74, 6) is -2.60. The molecule has 0 aliphatic rings. The highest BCUT2D eigenvalue weighted by Gasteiger charge is 1.93. The molecule has 0 aliphatic heterocycles. The van der Waals surface area contributed by atoms with Gasteiger partial charge in [-0.1, -0.05) is 6.58 Å². The van der Waals surface area contributed by atoms with E-state index >= 15 is 0 Å². The molecule has 0 spiro atoms. The van der Waals surface area contributed by atoms with Crippen molar-refractivity contribution in [1.29, 1.82) is 0 Å². The molecule has 0 aromatic carbocycles. The second-order valence-corrected chi connectivity index (χ2v) is 3.14. The van der Waals surface area contributed by atoms with Crippen molar-refractivity contribution < 1.29 is 45.0 Å². The lowest BCUT2D eigenvalue weighted by molar-refractivity contribution is -0.135. The molecule has 0 aromatic heterocycles. The molecule has 0 bridgehead atoms. The van der Waals surface area contributed by atoms with E-state index in [9.17, 15) is 4.79 Å². The molecule has 0 saturated carbocycles. The fourth-order valence-electron chi connectivity index (χ4n) is 0.0577. The smallest absolute Gasteiger partial charge is 0.330 e. The zero-order valence-electron chi connectivity index (χ0n) is 11.6. The van der Waals surface area contributed by atoms with Crippen molar-refractivity contribution in [3.8, 4) is 0 Å². The fourth-order valence-corrected chi connectivity index (χ4v) is 0.0577.